The molecule has 2 unspecified atom stereocenters. The van der Waals surface area contributed by atoms with Crippen molar-refractivity contribution in [1.29, 1.82) is 0 Å². The summed E-state index contributed by atoms with van der Waals surface area (Å²) in [5.74, 6) is -0.932. The van der Waals surface area contributed by atoms with E-state index < -0.39 is 11.4 Å². The molecule has 1 aromatic carbocycles. The third-order valence-corrected chi connectivity index (χ3v) is 4.85. The maximum Gasteiger partial charge on any atom is 0.311 e. The largest absolute Gasteiger partial charge is 0.481 e. The SMILES string of the molecule is CC1(C(=O)O)CCCC1NC(=O)[C@@H]1Cc2ccccc2N1. The predicted octanol–water partition coefficient (Wildman–Crippen LogP) is 1.78. The number of anilines is 1. The molecular formula is C16H20N2O3. The second-order valence-corrected chi connectivity index (χ2v) is 6.23. The van der Waals surface area contributed by atoms with Crippen molar-refractivity contribution in [2.45, 2.75) is 44.7 Å². The minimum Gasteiger partial charge on any atom is -0.481 e. The van der Waals surface area contributed by atoms with Crippen LogP contribution in [0.25, 0.3) is 0 Å². The van der Waals surface area contributed by atoms with E-state index in [9.17, 15) is 14.7 Å². The van der Waals surface area contributed by atoms with Gasteiger partial charge in [-0.25, -0.2) is 0 Å². The van der Waals surface area contributed by atoms with Crippen molar-refractivity contribution in [2.75, 3.05) is 5.32 Å². The first kappa shape index (κ1) is 13.9. The first-order valence-corrected chi connectivity index (χ1v) is 7.39. The molecule has 1 fully saturated rings. The lowest BCUT2D eigenvalue weighted by molar-refractivity contribution is -0.149. The standard InChI is InChI=1S/C16H20N2O3/c1-16(15(20)21)8-4-7-13(16)18-14(19)12-9-10-5-2-3-6-11(10)17-12/h2-3,5-6,12-13,17H,4,7-9H2,1H3,(H,18,19)(H,20,21)/t12-,13?,16?/m0/s1. The Labute approximate surface area is 123 Å². The monoisotopic (exact) mass is 288 g/mol. The van der Waals surface area contributed by atoms with Gasteiger partial charge in [-0.05, 0) is 31.4 Å². The van der Waals surface area contributed by atoms with Crippen LogP contribution in [0.4, 0.5) is 5.69 Å². The molecule has 5 heteroatoms. The summed E-state index contributed by atoms with van der Waals surface area (Å²) in [7, 11) is 0. The fraction of sp³-hybridized carbons (Fsp3) is 0.500. The molecular weight excluding hydrogens is 268 g/mol. The van der Waals surface area contributed by atoms with Gasteiger partial charge in [-0.15, -0.1) is 0 Å². The van der Waals surface area contributed by atoms with E-state index in [0.29, 0.717) is 12.8 Å². The molecule has 0 spiro atoms. The van der Waals surface area contributed by atoms with E-state index in [1.54, 1.807) is 6.92 Å². The van der Waals surface area contributed by atoms with Crippen LogP contribution in [-0.2, 0) is 16.0 Å². The normalized spacial score (nSPS) is 30.5. The van der Waals surface area contributed by atoms with Crippen LogP contribution in [0.3, 0.4) is 0 Å². The van der Waals surface area contributed by atoms with Gasteiger partial charge in [-0.2, -0.15) is 0 Å². The third-order valence-electron chi connectivity index (χ3n) is 4.85. The summed E-state index contributed by atoms with van der Waals surface area (Å²) < 4.78 is 0. The molecule has 21 heavy (non-hydrogen) atoms. The van der Waals surface area contributed by atoms with E-state index in [1.807, 2.05) is 24.3 Å². The predicted molar refractivity (Wildman–Crippen MR) is 79.1 cm³/mol. The maximum absolute atomic E-state index is 12.4. The number of para-hydroxylation sites is 1. The minimum atomic E-state index is -0.846. The van der Waals surface area contributed by atoms with Gasteiger partial charge in [0.25, 0.3) is 0 Å². The highest BCUT2D eigenvalue weighted by atomic mass is 16.4. The quantitative estimate of drug-likeness (QED) is 0.792. The summed E-state index contributed by atoms with van der Waals surface area (Å²) in [6, 6.07) is 7.27. The summed E-state index contributed by atoms with van der Waals surface area (Å²) in [6.45, 7) is 1.73. The second-order valence-electron chi connectivity index (χ2n) is 6.23. The zero-order valence-electron chi connectivity index (χ0n) is 12.1. The number of carboxylic acids is 1. The average molecular weight is 288 g/mol. The first-order valence-electron chi connectivity index (χ1n) is 7.39. The number of carbonyl (C=O) groups is 2. The fourth-order valence-corrected chi connectivity index (χ4v) is 3.38. The Morgan fingerprint density at radius 1 is 1.38 bits per heavy atom. The molecule has 0 saturated heterocycles. The van der Waals surface area contributed by atoms with E-state index >= 15 is 0 Å². The Morgan fingerprint density at radius 3 is 2.86 bits per heavy atom. The molecule has 1 aliphatic heterocycles. The van der Waals surface area contributed by atoms with E-state index in [2.05, 4.69) is 10.6 Å². The Morgan fingerprint density at radius 2 is 2.14 bits per heavy atom. The number of amides is 1. The molecule has 1 aromatic rings. The number of benzene rings is 1. The van der Waals surface area contributed by atoms with Crippen LogP contribution in [0.15, 0.2) is 24.3 Å². The van der Waals surface area contributed by atoms with Crippen molar-refractivity contribution in [3.8, 4) is 0 Å². The molecule has 1 amide bonds. The summed E-state index contributed by atoms with van der Waals surface area (Å²) >= 11 is 0. The lowest BCUT2D eigenvalue weighted by atomic mass is 9.85. The van der Waals surface area contributed by atoms with Crippen LogP contribution in [-0.4, -0.2) is 29.1 Å². The number of aliphatic carboxylic acids is 1. The third kappa shape index (κ3) is 2.37. The van der Waals surface area contributed by atoms with Crippen LogP contribution in [0.2, 0.25) is 0 Å². The van der Waals surface area contributed by atoms with E-state index in [4.69, 9.17) is 0 Å². The van der Waals surface area contributed by atoms with Gasteiger partial charge in [0.15, 0.2) is 0 Å². The van der Waals surface area contributed by atoms with Gasteiger partial charge < -0.3 is 15.7 Å². The number of fused-ring (bicyclic) bond motifs is 1. The van der Waals surface area contributed by atoms with Gasteiger partial charge in [-0.1, -0.05) is 24.6 Å². The Kier molecular flexibility index (Phi) is 3.35. The molecule has 1 aliphatic carbocycles. The zero-order chi connectivity index (χ0) is 15.0. The van der Waals surface area contributed by atoms with Crippen LogP contribution in [0.5, 0.6) is 0 Å². The van der Waals surface area contributed by atoms with Gasteiger partial charge in [0.05, 0.1) is 5.41 Å². The summed E-state index contributed by atoms with van der Waals surface area (Å²) in [6.07, 6.45) is 2.84. The first-order chi connectivity index (χ1) is 10.0. The lowest BCUT2D eigenvalue weighted by Gasteiger charge is -2.28. The van der Waals surface area contributed by atoms with Gasteiger partial charge in [0.1, 0.15) is 6.04 Å². The van der Waals surface area contributed by atoms with Crippen LogP contribution < -0.4 is 10.6 Å². The Bertz CT molecular complexity index is 562. The summed E-state index contributed by atoms with van der Waals surface area (Å²) in [5.41, 5.74) is 1.27. The molecule has 1 saturated carbocycles. The molecule has 0 bridgehead atoms. The highest BCUT2D eigenvalue weighted by Gasteiger charge is 2.46. The van der Waals surface area contributed by atoms with Crippen molar-refractivity contribution < 1.29 is 14.7 Å². The Balaban J connectivity index is 1.67. The number of hydrogen-bond donors (Lipinski definition) is 3. The zero-order valence-corrected chi connectivity index (χ0v) is 12.1. The second kappa shape index (κ2) is 5.06. The van der Waals surface area contributed by atoms with Gasteiger partial charge in [-0.3, -0.25) is 9.59 Å². The number of rotatable bonds is 3. The van der Waals surface area contributed by atoms with Crippen molar-refractivity contribution in [1.82, 2.24) is 5.32 Å². The molecule has 112 valence electrons. The molecule has 3 atom stereocenters. The highest BCUT2D eigenvalue weighted by Crippen LogP contribution is 2.38. The minimum absolute atomic E-state index is 0.106. The fourth-order valence-electron chi connectivity index (χ4n) is 3.38. The van der Waals surface area contributed by atoms with E-state index in [-0.39, 0.29) is 18.0 Å². The van der Waals surface area contributed by atoms with E-state index in [0.717, 1.165) is 24.1 Å². The molecule has 0 aromatic heterocycles. The maximum atomic E-state index is 12.4. The molecule has 0 radical (unpaired) electrons. The van der Waals surface area contributed by atoms with Crippen molar-refractivity contribution in [3.63, 3.8) is 0 Å². The van der Waals surface area contributed by atoms with Crippen LogP contribution in [0, 0.1) is 5.41 Å². The van der Waals surface area contributed by atoms with Gasteiger partial charge >= 0.3 is 5.97 Å². The molecule has 1 heterocycles. The van der Waals surface area contributed by atoms with Crippen LogP contribution >= 0.6 is 0 Å². The average Bonchev–Trinajstić information content (AvgIpc) is 3.04. The van der Waals surface area contributed by atoms with Crippen molar-refractivity contribution >= 4 is 17.6 Å². The summed E-state index contributed by atoms with van der Waals surface area (Å²) in [5, 5.41) is 15.5. The molecule has 3 rings (SSSR count). The number of hydrogen-bond acceptors (Lipinski definition) is 3. The number of nitrogens with one attached hydrogen (secondary N) is 2. The van der Waals surface area contributed by atoms with Gasteiger partial charge in [0, 0.05) is 18.2 Å². The lowest BCUT2D eigenvalue weighted by Crippen LogP contribution is -2.51. The molecule has 5 nitrogen and oxygen atoms in total. The van der Waals surface area contributed by atoms with Crippen molar-refractivity contribution in [3.05, 3.63) is 29.8 Å². The topological polar surface area (TPSA) is 78.4 Å². The number of carbonyl (C=O) groups excluding carboxylic acids is 1. The smallest absolute Gasteiger partial charge is 0.311 e. The number of carboxylic acid groups (broad SMARTS) is 1. The van der Waals surface area contributed by atoms with E-state index in [1.165, 1.54) is 0 Å². The molecule has 2 aliphatic rings. The summed E-state index contributed by atoms with van der Waals surface area (Å²) in [4.78, 5) is 23.9. The van der Waals surface area contributed by atoms with Crippen molar-refractivity contribution in [2.24, 2.45) is 5.41 Å². The molecule has 3 N–H and O–H groups in total. The van der Waals surface area contributed by atoms with Crippen LogP contribution in [0.1, 0.15) is 31.7 Å². The van der Waals surface area contributed by atoms with Gasteiger partial charge in [0.2, 0.25) is 5.91 Å². The highest BCUT2D eigenvalue weighted by molar-refractivity contribution is 5.88. The Hall–Kier alpha value is -2.04.